The van der Waals surface area contributed by atoms with Gasteiger partial charge in [-0.3, -0.25) is 9.59 Å². The number of esters is 1. The number of carbonyl (C=O) groups excluding carboxylic acids is 2. The molecule has 4 rings (SSSR count). The second-order valence-corrected chi connectivity index (χ2v) is 10.6. The van der Waals surface area contributed by atoms with Gasteiger partial charge in [-0.25, -0.2) is 8.42 Å². The molecule has 2 saturated carbocycles. The van der Waals surface area contributed by atoms with Gasteiger partial charge >= 0.3 is 5.97 Å². The summed E-state index contributed by atoms with van der Waals surface area (Å²) >= 11 is 0. The molecule has 9 nitrogen and oxygen atoms in total. The molecule has 1 saturated heterocycles. The minimum atomic E-state index is -3.81. The summed E-state index contributed by atoms with van der Waals surface area (Å²) in [6, 6.07) is 4.40. The third-order valence-electron chi connectivity index (χ3n) is 6.71. The zero-order valence-electron chi connectivity index (χ0n) is 18.2. The zero-order chi connectivity index (χ0) is 22.7. The number of benzene rings is 1. The first-order valence-corrected chi connectivity index (χ1v) is 12.5. The highest BCUT2D eigenvalue weighted by atomic mass is 32.2. The lowest BCUT2D eigenvalue weighted by molar-refractivity contribution is -0.148. The number of fused-ring (bicyclic) bond motifs is 2. The van der Waals surface area contributed by atoms with Gasteiger partial charge in [-0.2, -0.15) is 4.31 Å². The molecule has 0 spiro atoms. The lowest BCUT2D eigenvalue weighted by Gasteiger charge is -2.26. The third-order valence-corrected chi connectivity index (χ3v) is 8.63. The monoisotopic (exact) mass is 466 g/mol. The van der Waals surface area contributed by atoms with Crippen LogP contribution in [-0.4, -0.2) is 64.6 Å². The number of hydrogen-bond acceptors (Lipinski definition) is 7. The van der Waals surface area contributed by atoms with E-state index in [1.807, 2.05) is 0 Å². The van der Waals surface area contributed by atoms with Crippen LogP contribution in [0.25, 0.3) is 0 Å². The third kappa shape index (κ3) is 5.07. The van der Waals surface area contributed by atoms with Crippen LogP contribution in [0.3, 0.4) is 0 Å². The Labute approximate surface area is 188 Å². The smallest absolute Gasteiger partial charge is 0.306 e. The van der Waals surface area contributed by atoms with E-state index in [0.29, 0.717) is 31.5 Å². The Hall–Kier alpha value is -2.17. The molecule has 3 unspecified atom stereocenters. The highest BCUT2D eigenvalue weighted by Gasteiger charge is 2.40. The Morgan fingerprint density at radius 2 is 1.97 bits per heavy atom. The summed E-state index contributed by atoms with van der Waals surface area (Å²) in [5, 5.41) is 2.61. The number of sulfonamides is 1. The Morgan fingerprint density at radius 3 is 2.62 bits per heavy atom. The average Bonchev–Trinajstić information content (AvgIpc) is 3.41. The topological polar surface area (TPSA) is 111 Å². The molecule has 3 aliphatic rings. The minimum Gasteiger partial charge on any atom is -0.495 e. The normalized spacial score (nSPS) is 25.5. The molecule has 1 aliphatic heterocycles. The van der Waals surface area contributed by atoms with Gasteiger partial charge in [-0.05, 0) is 55.2 Å². The molecule has 2 bridgehead atoms. The van der Waals surface area contributed by atoms with E-state index < -0.39 is 22.5 Å². The second-order valence-electron chi connectivity index (χ2n) is 8.73. The van der Waals surface area contributed by atoms with Crippen molar-refractivity contribution in [2.75, 3.05) is 45.3 Å². The lowest BCUT2D eigenvalue weighted by Crippen LogP contribution is -2.40. The van der Waals surface area contributed by atoms with Gasteiger partial charge in [0.25, 0.3) is 5.91 Å². The molecule has 1 aromatic rings. The molecule has 10 heteroatoms. The number of carbonyl (C=O) groups is 2. The largest absolute Gasteiger partial charge is 0.495 e. The van der Waals surface area contributed by atoms with Gasteiger partial charge < -0.3 is 19.5 Å². The van der Waals surface area contributed by atoms with Crippen molar-refractivity contribution in [1.29, 1.82) is 0 Å². The molecule has 3 fully saturated rings. The van der Waals surface area contributed by atoms with Gasteiger partial charge in [0.1, 0.15) is 10.6 Å². The van der Waals surface area contributed by atoms with E-state index in [0.717, 1.165) is 12.3 Å². The first-order valence-electron chi connectivity index (χ1n) is 11.1. The van der Waals surface area contributed by atoms with Crippen LogP contribution < -0.4 is 10.1 Å². The number of ether oxygens (including phenoxy) is 3. The molecule has 1 amide bonds. The summed E-state index contributed by atoms with van der Waals surface area (Å²) < 4.78 is 43.0. The Morgan fingerprint density at radius 1 is 1.19 bits per heavy atom. The van der Waals surface area contributed by atoms with E-state index in [1.165, 1.54) is 42.8 Å². The number of methoxy groups -OCH3 is 1. The summed E-state index contributed by atoms with van der Waals surface area (Å²) in [5.74, 6) is 1.05. The Balaban J connectivity index is 1.34. The van der Waals surface area contributed by atoms with Crippen LogP contribution in [0.5, 0.6) is 5.75 Å². The van der Waals surface area contributed by atoms with Crippen molar-refractivity contribution < 1.29 is 32.2 Å². The predicted molar refractivity (Wildman–Crippen MR) is 116 cm³/mol. The van der Waals surface area contributed by atoms with Crippen LogP contribution in [0.4, 0.5) is 5.69 Å². The highest BCUT2D eigenvalue weighted by molar-refractivity contribution is 7.89. The standard InChI is InChI=1S/C22H30N2O7S/c1-29-19-5-4-18(13-20(19)32(27,28)24-6-8-30-9-7-24)23-21(25)14-31-22(26)12-17-11-15-2-3-16(17)10-15/h4-5,13,15-17H,2-3,6-12,14H2,1H3,(H,23,25). The van der Waals surface area contributed by atoms with Crippen molar-refractivity contribution in [3.63, 3.8) is 0 Å². The number of anilines is 1. The minimum absolute atomic E-state index is 0.0343. The molecule has 3 atom stereocenters. The molecule has 1 N–H and O–H groups in total. The summed E-state index contributed by atoms with van der Waals surface area (Å²) in [6.45, 7) is 0.746. The van der Waals surface area contributed by atoms with Crippen LogP contribution in [0, 0.1) is 17.8 Å². The van der Waals surface area contributed by atoms with Gasteiger partial charge in [-0.15, -0.1) is 0 Å². The maximum atomic E-state index is 13.0. The quantitative estimate of drug-likeness (QED) is 0.584. The number of rotatable bonds is 8. The number of hydrogen-bond donors (Lipinski definition) is 1. The van der Waals surface area contributed by atoms with Crippen LogP contribution >= 0.6 is 0 Å². The Kier molecular flexibility index (Phi) is 7.02. The molecular formula is C22H30N2O7S. The van der Waals surface area contributed by atoms with Gasteiger partial charge in [0, 0.05) is 25.2 Å². The van der Waals surface area contributed by atoms with Gasteiger partial charge in [0.05, 0.1) is 20.3 Å². The summed E-state index contributed by atoms with van der Waals surface area (Å²) in [4.78, 5) is 24.4. The van der Waals surface area contributed by atoms with Crippen molar-refractivity contribution in [3.8, 4) is 5.75 Å². The summed E-state index contributed by atoms with van der Waals surface area (Å²) in [7, 11) is -2.42. The maximum Gasteiger partial charge on any atom is 0.306 e. The molecule has 2 aliphatic carbocycles. The molecule has 0 radical (unpaired) electrons. The van der Waals surface area contributed by atoms with Gasteiger partial charge in [0.2, 0.25) is 10.0 Å². The van der Waals surface area contributed by atoms with Crippen molar-refractivity contribution in [2.45, 2.75) is 37.0 Å². The van der Waals surface area contributed by atoms with E-state index in [4.69, 9.17) is 14.2 Å². The number of nitrogens with one attached hydrogen (secondary N) is 1. The zero-order valence-corrected chi connectivity index (χ0v) is 19.1. The fourth-order valence-electron chi connectivity index (χ4n) is 5.12. The molecule has 32 heavy (non-hydrogen) atoms. The van der Waals surface area contributed by atoms with Crippen LogP contribution in [0.15, 0.2) is 23.1 Å². The molecule has 176 valence electrons. The molecule has 1 heterocycles. The van der Waals surface area contributed by atoms with Crippen molar-refractivity contribution in [1.82, 2.24) is 4.31 Å². The number of amides is 1. The number of nitrogens with zero attached hydrogens (tertiary/aromatic N) is 1. The van der Waals surface area contributed by atoms with E-state index in [1.54, 1.807) is 6.07 Å². The van der Waals surface area contributed by atoms with E-state index in [-0.39, 0.29) is 35.4 Å². The van der Waals surface area contributed by atoms with E-state index >= 15 is 0 Å². The second kappa shape index (κ2) is 9.76. The maximum absolute atomic E-state index is 13.0. The highest BCUT2D eigenvalue weighted by Crippen LogP contribution is 2.49. The summed E-state index contributed by atoms with van der Waals surface area (Å²) in [6.07, 6.45) is 5.11. The van der Waals surface area contributed by atoms with Gasteiger partial charge in [-0.1, -0.05) is 6.42 Å². The fraction of sp³-hybridized carbons (Fsp3) is 0.636. The van der Waals surface area contributed by atoms with Crippen molar-refractivity contribution >= 4 is 27.6 Å². The fourth-order valence-corrected chi connectivity index (χ4v) is 6.71. The first kappa shape index (κ1) is 23.0. The van der Waals surface area contributed by atoms with Crippen LogP contribution in [0.1, 0.15) is 32.1 Å². The molecular weight excluding hydrogens is 436 g/mol. The summed E-state index contributed by atoms with van der Waals surface area (Å²) in [5.41, 5.74) is 0.284. The Bertz CT molecular complexity index is 959. The van der Waals surface area contributed by atoms with Crippen LogP contribution in [-0.2, 0) is 29.1 Å². The van der Waals surface area contributed by atoms with Gasteiger partial charge in [0.15, 0.2) is 6.61 Å². The van der Waals surface area contributed by atoms with Crippen molar-refractivity contribution in [2.24, 2.45) is 17.8 Å². The van der Waals surface area contributed by atoms with E-state index in [9.17, 15) is 18.0 Å². The first-order chi connectivity index (χ1) is 15.4. The predicted octanol–water partition coefficient (Wildman–Crippen LogP) is 2.02. The molecule has 0 aromatic heterocycles. The average molecular weight is 467 g/mol. The lowest BCUT2D eigenvalue weighted by atomic mass is 9.86. The SMILES string of the molecule is COc1ccc(NC(=O)COC(=O)CC2CC3CCC2C3)cc1S(=O)(=O)N1CCOCC1. The number of morpholine rings is 1. The van der Waals surface area contributed by atoms with Crippen LogP contribution in [0.2, 0.25) is 0 Å². The molecule has 1 aromatic carbocycles. The van der Waals surface area contributed by atoms with Crippen molar-refractivity contribution in [3.05, 3.63) is 18.2 Å². The van der Waals surface area contributed by atoms with E-state index in [2.05, 4.69) is 5.32 Å².